The lowest BCUT2D eigenvalue weighted by Gasteiger charge is -2.22. The first-order valence-corrected chi connectivity index (χ1v) is 10.1. The van der Waals surface area contributed by atoms with Crippen molar-refractivity contribution in [2.45, 2.75) is 25.6 Å². The highest BCUT2D eigenvalue weighted by Gasteiger charge is 2.43. The number of para-hydroxylation sites is 1. The highest BCUT2D eigenvalue weighted by Crippen LogP contribution is 2.37. The van der Waals surface area contributed by atoms with Crippen molar-refractivity contribution < 1.29 is 32.2 Å². The molecule has 1 aromatic carbocycles. The number of fused-ring (bicyclic) bond motifs is 1. The van der Waals surface area contributed by atoms with Crippen molar-refractivity contribution in [1.29, 1.82) is 0 Å². The van der Waals surface area contributed by atoms with Gasteiger partial charge in [-0.2, -0.15) is 24.9 Å². The monoisotopic (exact) mass is 430 g/mol. The molecule has 0 bridgehead atoms. The number of thioether (sulfide) groups is 1. The maximum Gasteiger partial charge on any atom is 0.455 e. The number of methoxy groups -OCH3 is 1. The number of ether oxygens (including phenoxy) is 2. The fourth-order valence-electron chi connectivity index (χ4n) is 2.74. The average molecular weight is 430 g/mol. The topological polar surface area (TPSA) is 77.5 Å². The molecule has 1 N–H and O–H groups in total. The third-order valence-corrected chi connectivity index (χ3v) is 4.68. The van der Waals surface area contributed by atoms with Gasteiger partial charge in [0.1, 0.15) is 11.6 Å². The van der Waals surface area contributed by atoms with E-state index in [1.54, 1.807) is 25.1 Å². The molecule has 2 rings (SSSR count). The zero-order chi connectivity index (χ0) is 21.6. The molecular formula is C19H21F3N2O4S. The van der Waals surface area contributed by atoms with Gasteiger partial charge in [-0.3, -0.25) is 4.79 Å². The average Bonchev–Trinajstić information content (AvgIpc) is 2.69. The molecule has 2 aromatic rings. The van der Waals surface area contributed by atoms with Gasteiger partial charge in [0.05, 0.1) is 24.9 Å². The molecule has 0 spiro atoms. The number of rotatable bonds is 9. The largest absolute Gasteiger partial charge is 0.480 e. The van der Waals surface area contributed by atoms with Crippen LogP contribution in [-0.4, -0.2) is 54.7 Å². The predicted molar refractivity (Wildman–Crippen MR) is 106 cm³/mol. The number of carbonyl (C=O) groups excluding carboxylic acids is 2. The van der Waals surface area contributed by atoms with Crippen molar-refractivity contribution in [3.63, 3.8) is 0 Å². The molecule has 29 heavy (non-hydrogen) atoms. The van der Waals surface area contributed by atoms with Crippen molar-refractivity contribution in [3.8, 4) is 5.88 Å². The highest BCUT2D eigenvalue weighted by atomic mass is 32.2. The van der Waals surface area contributed by atoms with E-state index in [9.17, 15) is 22.8 Å². The molecule has 0 saturated carbocycles. The van der Waals surface area contributed by atoms with Crippen LogP contribution in [0.5, 0.6) is 5.88 Å². The number of anilines is 1. The first-order valence-electron chi connectivity index (χ1n) is 8.74. The van der Waals surface area contributed by atoms with Crippen molar-refractivity contribution in [2.24, 2.45) is 0 Å². The van der Waals surface area contributed by atoms with Crippen LogP contribution in [0.15, 0.2) is 24.3 Å². The maximum absolute atomic E-state index is 13.3. The summed E-state index contributed by atoms with van der Waals surface area (Å²) in [6, 6.07) is 5.41. The molecule has 0 aliphatic rings. The number of esters is 1. The summed E-state index contributed by atoms with van der Waals surface area (Å²) in [4.78, 5) is 28.6. The lowest BCUT2D eigenvalue weighted by molar-refractivity contribution is -0.144. The van der Waals surface area contributed by atoms with E-state index >= 15 is 0 Å². The molecule has 0 amide bonds. The Kier molecular flexibility index (Phi) is 7.72. The minimum Gasteiger partial charge on any atom is -0.480 e. The molecule has 0 saturated heterocycles. The Bertz CT molecular complexity index is 890. The molecule has 6 nitrogen and oxygen atoms in total. The van der Waals surface area contributed by atoms with Crippen LogP contribution in [0.2, 0.25) is 0 Å². The summed E-state index contributed by atoms with van der Waals surface area (Å²) < 4.78 is 49.9. The number of Topliss-reactive ketones (excluding diaryl/α,β-unsaturated/α-hetero) is 1. The summed E-state index contributed by atoms with van der Waals surface area (Å²) in [5.41, 5.74) is -0.607. The smallest absolute Gasteiger partial charge is 0.455 e. The van der Waals surface area contributed by atoms with Crippen LogP contribution >= 0.6 is 11.8 Å². The quantitative estimate of drug-likeness (QED) is 0.474. The number of hydrogen-bond donors (Lipinski definition) is 1. The number of hydrogen-bond acceptors (Lipinski definition) is 7. The molecule has 1 aromatic heterocycles. The number of benzene rings is 1. The van der Waals surface area contributed by atoms with Crippen LogP contribution in [0, 0.1) is 0 Å². The number of pyridine rings is 1. The molecule has 10 heteroatoms. The van der Waals surface area contributed by atoms with Gasteiger partial charge >= 0.3 is 12.1 Å². The summed E-state index contributed by atoms with van der Waals surface area (Å²) in [7, 11) is 1.13. The summed E-state index contributed by atoms with van der Waals surface area (Å²) in [5.74, 6) is -2.64. The van der Waals surface area contributed by atoms with Crippen LogP contribution in [0.4, 0.5) is 18.9 Å². The Labute approximate surface area is 170 Å². The predicted octanol–water partition coefficient (Wildman–Crippen LogP) is 4.09. The van der Waals surface area contributed by atoms with E-state index in [0.717, 1.165) is 7.11 Å². The lowest BCUT2D eigenvalue weighted by atomic mass is 10.0. The minimum atomic E-state index is -5.15. The number of aromatic nitrogens is 1. The van der Waals surface area contributed by atoms with Crippen molar-refractivity contribution >= 4 is 40.1 Å². The SMILES string of the molecule is CCOC(=O)C(CCSC)Nc1c(C(=O)C(F)(F)F)c(OC)nc2ccccc12. The van der Waals surface area contributed by atoms with E-state index in [4.69, 9.17) is 9.47 Å². The van der Waals surface area contributed by atoms with Crippen LogP contribution < -0.4 is 10.1 Å². The first kappa shape index (κ1) is 22.8. The summed E-state index contributed by atoms with van der Waals surface area (Å²) >= 11 is 1.47. The van der Waals surface area contributed by atoms with Gasteiger partial charge in [0.15, 0.2) is 0 Å². The zero-order valence-corrected chi connectivity index (χ0v) is 16.9. The van der Waals surface area contributed by atoms with Crippen LogP contribution in [0.1, 0.15) is 23.7 Å². The van der Waals surface area contributed by atoms with E-state index in [-0.39, 0.29) is 17.7 Å². The number of ketones is 1. The normalized spacial score (nSPS) is 12.5. The summed E-state index contributed by atoms with van der Waals surface area (Å²) in [6.07, 6.45) is -3.02. The Hall–Kier alpha value is -2.49. The second-order valence-corrected chi connectivity index (χ2v) is 6.93. The van der Waals surface area contributed by atoms with Gasteiger partial charge in [-0.1, -0.05) is 18.2 Å². The van der Waals surface area contributed by atoms with Gasteiger partial charge in [0, 0.05) is 5.39 Å². The Morgan fingerprint density at radius 3 is 2.55 bits per heavy atom. The fourth-order valence-corrected chi connectivity index (χ4v) is 3.21. The van der Waals surface area contributed by atoms with Gasteiger partial charge in [-0.25, -0.2) is 9.78 Å². The number of nitrogens with one attached hydrogen (secondary N) is 1. The molecule has 1 unspecified atom stereocenters. The van der Waals surface area contributed by atoms with E-state index in [2.05, 4.69) is 10.3 Å². The van der Waals surface area contributed by atoms with Gasteiger partial charge in [0.2, 0.25) is 5.88 Å². The molecule has 0 aliphatic heterocycles. The summed E-state index contributed by atoms with van der Waals surface area (Å²) in [6.45, 7) is 1.75. The Morgan fingerprint density at radius 2 is 1.97 bits per heavy atom. The van der Waals surface area contributed by atoms with Gasteiger partial charge < -0.3 is 14.8 Å². The van der Waals surface area contributed by atoms with Crippen LogP contribution in [-0.2, 0) is 9.53 Å². The number of halogens is 3. The summed E-state index contributed by atoms with van der Waals surface area (Å²) in [5, 5.41) is 3.07. The van der Waals surface area contributed by atoms with Crippen LogP contribution in [0.25, 0.3) is 10.9 Å². The lowest BCUT2D eigenvalue weighted by Crippen LogP contribution is -2.34. The molecule has 0 fully saturated rings. The van der Waals surface area contributed by atoms with Gasteiger partial charge in [-0.15, -0.1) is 0 Å². The second kappa shape index (κ2) is 9.82. The van der Waals surface area contributed by atoms with Crippen molar-refractivity contribution in [1.82, 2.24) is 4.98 Å². The third kappa shape index (κ3) is 5.31. The number of nitrogens with zero attached hydrogens (tertiary/aromatic N) is 1. The minimum absolute atomic E-state index is 0.116. The van der Waals surface area contributed by atoms with E-state index in [0.29, 0.717) is 17.7 Å². The van der Waals surface area contributed by atoms with Gasteiger partial charge in [-0.05, 0) is 31.4 Å². The molecular weight excluding hydrogens is 409 g/mol. The Morgan fingerprint density at radius 1 is 1.28 bits per heavy atom. The first-order chi connectivity index (χ1) is 13.7. The zero-order valence-electron chi connectivity index (χ0n) is 16.1. The van der Waals surface area contributed by atoms with E-state index < -0.39 is 35.4 Å². The van der Waals surface area contributed by atoms with Crippen molar-refractivity contribution in [3.05, 3.63) is 29.8 Å². The molecule has 1 heterocycles. The third-order valence-electron chi connectivity index (χ3n) is 4.04. The van der Waals surface area contributed by atoms with E-state index in [1.807, 2.05) is 6.26 Å². The van der Waals surface area contributed by atoms with Crippen LogP contribution in [0.3, 0.4) is 0 Å². The standard InChI is InChI=1S/C19H21F3N2O4S/c1-4-28-18(26)13(9-10-29-3)23-15-11-7-5-6-8-12(11)24-17(27-2)14(15)16(25)19(20,21)22/h5-8,13H,4,9-10H2,1-3H3,(H,23,24). The maximum atomic E-state index is 13.3. The molecule has 1 atom stereocenters. The molecule has 0 radical (unpaired) electrons. The van der Waals surface area contributed by atoms with E-state index in [1.165, 1.54) is 17.8 Å². The fraction of sp³-hybridized carbons (Fsp3) is 0.421. The van der Waals surface area contributed by atoms with Crippen molar-refractivity contribution in [2.75, 3.05) is 31.0 Å². The van der Waals surface area contributed by atoms with Gasteiger partial charge in [0.25, 0.3) is 5.78 Å². The second-order valence-electron chi connectivity index (χ2n) is 5.95. The Balaban J connectivity index is 2.69. The molecule has 158 valence electrons. The number of alkyl halides is 3. The molecule has 0 aliphatic carbocycles. The number of carbonyl (C=O) groups is 2. The highest BCUT2D eigenvalue weighted by molar-refractivity contribution is 7.98.